The molecule has 1 aromatic carbocycles. The van der Waals surface area contributed by atoms with Crippen LogP contribution in [0.4, 0.5) is 0 Å². The van der Waals surface area contributed by atoms with E-state index >= 15 is 0 Å². The summed E-state index contributed by atoms with van der Waals surface area (Å²) in [6, 6.07) is 3.99. The van der Waals surface area contributed by atoms with Gasteiger partial charge in [0.15, 0.2) is 0 Å². The van der Waals surface area contributed by atoms with Gasteiger partial charge in [-0.15, -0.1) is 0 Å². The van der Waals surface area contributed by atoms with Gasteiger partial charge in [0.25, 0.3) is 0 Å². The Hall–Kier alpha value is -0.820. The molecule has 2 fully saturated rings. The van der Waals surface area contributed by atoms with E-state index in [1.807, 2.05) is 0 Å². The second-order valence-electron chi connectivity index (χ2n) is 6.18. The quantitative estimate of drug-likeness (QED) is 0.878. The molecule has 2 saturated heterocycles. The van der Waals surface area contributed by atoms with Crippen molar-refractivity contribution in [2.45, 2.75) is 55.6 Å². The topological polar surface area (TPSA) is 67.4 Å². The van der Waals surface area contributed by atoms with Gasteiger partial charge in [0.05, 0.1) is 17.0 Å². The van der Waals surface area contributed by atoms with Gasteiger partial charge >= 0.3 is 0 Å². The number of aryl methyl sites for hydroxylation is 1. The SMILES string of the molecule is COc1cc(C)c(S(=O)(=O)NC2CC3CCC(C2)N3)cc1Cl. The van der Waals surface area contributed by atoms with Crippen molar-refractivity contribution in [3.63, 3.8) is 0 Å². The molecular formula is C15H21ClN2O3S. The van der Waals surface area contributed by atoms with Crippen LogP contribution in [0.5, 0.6) is 5.75 Å². The van der Waals surface area contributed by atoms with Crippen molar-refractivity contribution in [1.82, 2.24) is 10.0 Å². The number of benzene rings is 1. The number of fused-ring (bicyclic) bond motifs is 2. The van der Waals surface area contributed by atoms with Gasteiger partial charge in [-0.25, -0.2) is 13.1 Å². The number of rotatable bonds is 4. The van der Waals surface area contributed by atoms with Crippen molar-refractivity contribution in [2.75, 3.05) is 7.11 Å². The zero-order valence-electron chi connectivity index (χ0n) is 12.7. The maximum Gasteiger partial charge on any atom is 0.241 e. The van der Waals surface area contributed by atoms with Crippen LogP contribution in [0.25, 0.3) is 0 Å². The lowest BCUT2D eigenvalue weighted by Gasteiger charge is -2.29. The fourth-order valence-electron chi connectivity index (χ4n) is 3.52. The fraction of sp³-hybridized carbons (Fsp3) is 0.600. The van der Waals surface area contributed by atoms with Crippen LogP contribution in [0.3, 0.4) is 0 Å². The molecule has 0 spiro atoms. The molecule has 22 heavy (non-hydrogen) atoms. The van der Waals surface area contributed by atoms with Gasteiger partial charge in [0.1, 0.15) is 5.75 Å². The van der Waals surface area contributed by atoms with Gasteiger partial charge in [-0.05, 0) is 50.3 Å². The third-order valence-electron chi connectivity index (χ3n) is 4.53. The normalized spacial score (nSPS) is 27.9. The summed E-state index contributed by atoms with van der Waals surface area (Å²) in [6.07, 6.45) is 3.96. The van der Waals surface area contributed by atoms with Crippen LogP contribution < -0.4 is 14.8 Å². The lowest BCUT2D eigenvalue weighted by molar-refractivity contribution is 0.345. The van der Waals surface area contributed by atoms with Crippen LogP contribution in [-0.2, 0) is 10.0 Å². The molecular weight excluding hydrogens is 324 g/mol. The Balaban J connectivity index is 1.82. The molecule has 2 heterocycles. The predicted molar refractivity (Wildman–Crippen MR) is 86.0 cm³/mol. The molecule has 0 radical (unpaired) electrons. The van der Waals surface area contributed by atoms with Gasteiger partial charge in [-0.2, -0.15) is 0 Å². The van der Waals surface area contributed by atoms with Crippen molar-refractivity contribution in [3.05, 3.63) is 22.7 Å². The first-order valence-corrected chi connectivity index (χ1v) is 9.37. The number of ether oxygens (including phenoxy) is 1. The van der Waals surface area contributed by atoms with E-state index in [0.29, 0.717) is 28.4 Å². The molecule has 2 N–H and O–H groups in total. The molecule has 2 bridgehead atoms. The van der Waals surface area contributed by atoms with Crippen molar-refractivity contribution in [2.24, 2.45) is 0 Å². The Kier molecular flexibility index (Phi) is 4.38. The maximum atomic E-state index is 12.7. The number of hydrogen-bond donors (Lipinski definition) is 2. The lowest BCUT2D eigenvalue weighted by Crippen LogP contribution is -2.48. The molecule has 1 aromatic rings. The third kappa shape index (κ3) is 3.11. The van der Waals surface area contributed by atoms with Gasteiger partial charge in [0.2, 0.25) is 10.0 Å². The molecule has 0 amide bonds. The molecule has 2 aliphatic heterocycles. The summed E-state index contributed by atoms with van der Waals surface area (Å²) in [6.45, 7) is 1.75. The Morgan fingerprint density at radius 3 is 2.50 bits per heavy atom. The summed E-state index contributed by atoms with van der Waals surface area (Å²) in [5, 5.41) is 3.81. The first-order chi connectivity index (χ1) is 10.4. The highest BCUT2D eigenvalue weighted by Crippen LogP contribution is 2.31. The Morgan fingerprint density at radius 2 is 1.91 bits per heavy atom. The molecule has 2 unspecified atom stereocenters. The maximum absolute atomic E-state index is 12.7. The minimum Gasteiger partial charge on any atom is -0.495 e. The minimum atomic E-state index is -3.57. The van der Waals surface area contributed by atoms with Gasteiger partial charge in [0, 0.05) is 18.1 Å². The molecule has 0 aliphatic carbocycles. The summed E-state index contributed by atoms with van der Waals surface area (Å²) >= 11 is 6.08. The lowest BCUT2D eigenvalue weighted by atomic mass is 10.0. The van der Waals surface area contributed by atoms with Crippen LogP contribution in [0.15, 0.2) is 17.0 Å². The van der Waals surface area contributed by atoms with Gasteiger partial charge in [-0.3, -0.25) is 0 Å². The van der Waals surface area contributed by atoms with E-state index < -0.39 is 10.0 Å². The highest BCUT2D eigenvalue weighted by atomic mass is 35.5. The summed E-state index contributed by atoms with van der Waals surface area (Å²) in [7, 11) is -2.06. The molecule has 2 aliphatic rings. The molecule has 122 valence electrons. The van der Waals surface area contributed by atoms with Crippen molar-refractivity contribution in [1.29, 1.82) is 0 Å². The summed E-state index contributed by atoms with van der Waals surface area (Å²) in [4.78, 5) is 0.226. The van der Waals surface area contributed by atoms with Crippen LogP contribution in [0.1, 0.15) is 31.2 Å². The Labute approximate surface area is 136 Å². The molecule has 5 nitrogen and oxygen atoms in total. The van der Waals surface area contributed by atoms with Gasteiger partial charge < -0.3 is 10.1 Å². The molecule has 0 saturated carbocycles. The average Bonchev–Trinajstić information content (AvgIpc) is 2.79. The number of sulfonamides is 1. The first kappa shape index (κ1) is 16.1. The molecule has 3 rings (SSSR count). The highest BCUT2D eigenvalue weighted by molar-refractivity contribution is 7.89. The largest absolute Gasteiger partial charge is 0.495 e. The Bertz CT molecular complexity index is 666. The van der Waals surface area contributed by atoms with E-state index in [1.54, 1.807) is 13.0 Å². The van der Waals surface area contributed by atoms with E-state index in [1.165, 1.54) is 13.2 Å². The number of halogens is 1. The van der Waals surface area contributed by atoms with E-state index in [-0.39, 0.29) is 10.9 Å². The van der Waals surface area contributed by atoms with Crippen molar-refractivity contribution >= 4 is 21.6 Å². The smallest absolute Gasteiger partial charge is 0.241 e. The standard InChI is InChI=1S/C15H21ClN2O3S/c1-9-5-14(21-2)13(16)8-15(9)22(19,20)18-12-6-10-3-4-11(7-12)17-10/h5,8,10-12,17-18H,3-4,6-7H2,1-2H3. The van der Waals surface area contributed by atoms with Crippen LogP contribution >= 0.6 is 11.6 Å². The number of hydrogen-bond acceptors (Lipinski definition) is 4. The van der Waals surface area contributed by atoms with Gasteiger partial charge in [-0.1, -0.05) is 11.6 Å². The highest BCUT2D eigenvalue weighted by Gasteiger charge is 2.35. The first-order valence-electron chi connectivity index (χ1n) is 7.51. The van der Waals surface area contributed by atoms with E-state index in [9.17, 15) is 8.42 Å². The summed E-state index contributed by atoms with van der Waals surface area (Å²) in [5.41, 5.74) is 0.630. The monoisotopic (exact) mass is 344 g/mol. The van der Waals surface area contributed by atoms with Crippen molar-refractivity contribution < 1.29 is 13.2 Å². The third-order valence-corrected chi connectivity index (χ3v) is 6.49. The van der Waals surface area contributed by atoms with Crippen LogP contribution in [0, 0.1) is 6.92 Å². The summed E-state index contributed by atoms with van der Waals surface area (Å²) in [5.74, 6) is 0.484. The zero-order chi connectivity index (χ0) is 15.9. The molecule has 0 aromatic heterocycles. The zero-order valence-corrected chi connectivity index (χ0v) is 14.3. The predicted octanol–water partition coefficient (Wildman–Crippen LogP) is 2.22. The Morgan fingerprint density at radius 1 is 1.27 bits per heavy atom. The molecule has 2 atom stereocenters. The second kappa shape index (κ2) is 6.00. The summed E-state index contributed by atoms with van der Waals surface area (Å²) < 4.78 is 33.3. The average molecular weight is 345 g/mol. The van der Waals surface area contributed by atoms with E-state index in [4.69, 9.17) is 16.3 Å². The fourth-order valence-corrected chi connectivity index (χ4v) is 5.34. The van der Waals surface area contributed by atoms with E-state index in [2.05, 4.69) is 10.0 Å². The number of nitrogens with one attached hydrogen (secondary N) is 2. The van der Waals surface area contributed by atoms with E-state index in [0.717, 1.165) is 25.7 Å². The van der Waals surface area contributed by atoms with Crippen molar-refractivity contribution in [3.8, 4) is 5.75 Å². The second-order valence-corrected chi connectivity index (χ2v) is 8.27. The van der Waals surface area contributed by atoms with Crippen LogP contribution in [-0.4, -0.2) is 33.7 Å². The number of methoxy groups -OCH3 is 1. The number of piperidine rings is 1. The minimum absolute atomic E-state index is 0.0102. The van der Waals surface area contributed by atoms with Crippen LogP contribution in [0.2, 0.25) is 5.02 Å². The molecule has 7 heteroatoms.